The molecule has 0 fully saturated rings. The largest absolute Gasteiger partial charge is 0.433 e. The molecule has 1 aromatic carbocycles. The number of nitrogens with zero attached hydrogens (tertiary/aromatic N) is 4. The molecule has 0 unspecified atom stereocenters. The predicted molar refractivity (Wildman–Crippen MR) is 105 cm³/mol. The third-order valence-corrected chi connectivity index (χ3v) is 5.26. The van der Waals surface area contributed by atoms with Gasteiger partial charge >= 0.3 is 6.18 Å². The van der Waals surface area contributed by atoms with Crippen LogP contribution >= 0.6 is 0 Å². The van der Waals surface area contributed by atoms with E-state index in [0.29, 0.717) is 30.4 Å². The summed E-state index contributed by atoms with van der Waals surface area (Å²) in [5.74, 6) is -0.305. The number of amides is 1. The minimum Gasteiger partial charge on any atom is -0.345 e. The summed E-state index contributed by atoms with van der Waals surface area (Å²) in [4.78, 5) is 16.2. The zero-order chi connectivity index (χ0) is 22.2. The van der Waals surface area contributed by atoms with Gasteiger partial charge in [0.15, 0.2) is 0 Å². The molecular formula is C22H18F3N5O. The molecule has 1 N–H and O–H groups in total. The van der Waals surface area contributed by atoms with E-state index in [9.17, 15) is 23.2 Å². The summed E-state index contributed by atoms with van der Waals surface area (Å²) in [6.07, 6.45) is 0.138. The lowest BCUT2D eigenvalue weighted by Crippen LogP contribution is -2.27. The minimum absolute atomic E-state index is 0.246. The number of halogens is 3. The summed E-state index contributed by atoms with van der Waals surface area (Å²) in [5, 5.41) is 16.5. The summed E-state index contributed by atoms with van der Waals surface area (Å²) >= 11 is 0. The number of nitrogens with one attached hydrogen (secondary N) is 1. The maximum Gasteiger partial charge on any atom is 0.433 e. The van der Waals surface area contributed by atoms with Crippen LogP contribution in [0, 0.1) is 11.3 Å². The van der Waals surface area contributed by atoms with Crippen LogP contribution in [0.4, 0.5) is 13.2 Å². The van der Waals surface area contributed by atoms with E-state index in [-0.39, 0.29) is 17.6 Å². The van der Waals surface area contributed by atoms with Crippen molar-refractivity contribution >= 4 is 5.91 Å². The van der Waals surface area contributed by atoms with Crippen molar-refractivity contribution in [2.75, 3.05) is 0 Å². The van der Waals surface area contributed by atoms with Crippen LogP contribution < -0.4 is 5.32 Å². The number of hydrogen-bond donors (Lipinski definition) is 1. The number of nitriles is 1. The fourth-order valence-corrected chi connectivity index (χ4v) is 3.68. The van der Waals surface area contributed by atoms with Crippen molar-refractivity contribution in [3.63, 3.8) is 0 Å². The zero-order valence-corrected chi connectivity index (χ0v) is 16.6. The summed E-state index contributed by atoms with van der Waals surface area (Å²) in [6.45, 7) is 1.94. The summed E-state index contributed by atoms with van der Waals surface area (Å²) in [5.41, 5.74) is 2.47. The lowest BCUT2D eigenvalue weighted by atomic mass is 10.0. The SMILES string of the molecule is CCc1cc(C#N)cc(C(=O)N[C@H]2CCc3nn(-c4ccnc(C(F)(F)F)c4)cc32)c1. The third kappa shape index (κ3) is 4.14. The molecule has 4 rings (SSSR count). The van der Waals surface area contributed by atoms with Gasteiger partial charge < -0.3 is 5.32 Å². The summed E-state index contributed by atoms with van der Waals surface area (Å²) in [6, 6.07) is 9.19. The highest BCUT2D eigenvalue weighted by molar-refractivity contribution is 5.95. The molecule has 9 heteroatoms. The van der Waals surface area contributed by atoms with Crippen LogP contribution in [0.25, 0.3) is 5.69 Å². The van der Waals surface area contributed by atoms with Crippen LogP contribution in [0.3, 0.4) is 0 Å². The fourth-order valence-electron chi connectivity index (χ4n) is 3.68. The Morgan fingerprint density at radius 2 is 2.13 bits per heavy atom. The number of alkyl halides is 3. The molecule has 3 aromatic rings. The Balaban J connectivity index is 1.57. The van der Waals surface area contributed by atoms with E-state index in [1.165, 1.54) is 10.7 Å². The second kappa shape index (κ2) is 7.87. The van der Waals surface area contributed by atoms with E-state index in [4.69, 9.17) is 0 Å². The Morgan fingerprint density at radius 1 is 1.32 bits per heavy atom. The molecule has 6 nitrogen and oxygen atoms in total. The first-order chi connectivity index (χ1) is 14.8. The van der Waals surface area contributed by atoms with Crippen LogP contribution in [0.15, 0.2) is 42.7 Å². The smallest absolute Gasteiger partial charge is 0.345 e. The first-order valence-corrected chi connectivity index (χ1v) is 9.75. The number of fused-ring (bicyclic) bond motifs is 1. The van der Waals surface area contributed by atoms with Gasteiger partial charge in [-0.25, -0.2) is 4.68 Å². The number of aryl methyl sites for hydroxylation is 2. The number of carbonyl (C=O) groups is 1. The van der Waals surface area contributed by atoms with Crippen LogP contribution in [0.5, 0.6) is 0 Å². The number of hydrogen-bond acceptors (Lipinski definition) is 4. The quantitative estimate of drug-likeness (QED) is 0.681. The molecule has 1 aliphatic carbocycles. The third-order valence-electron chi connectivity index (χ3n) is 5.26. The van der Waals surface area contributed by atoms with Gasteiger partial charge in [-0.1, -0.05) is 6.92 Å². The van der Waals surface area contributed by atoms with Crippen molar-refractivity contribution in [1.82, 2.24) is 20.1 Å². The van der Waals surface area contributed by atoms with Crippen molar-refractivity contribution < 1.29 is 18.0 Å². The number of pyridine rings is 1. The van der Waals surface area contributed by atoms with Gasteiger partial charge in [-0.2, -0.15) is 23.5 Å². The van der Waals surface area contributed by atoms with Gasteiger partial charge in [0.1, 0.15) is 5.69 Å². The minimum atomic E-state index is -4.54. The van der Waals surface area contributed by atoms with Crippen LogP contribution in [0.1, 0.15) is 57.8 Å². The molecule has 1 atom stereocenters. The molecule has 2 heterocycles. The number of aromatic nitrogens is 3. The van der Waals surface area contributed by atoms with Crippen molar-refractivity contribution in [3.05, 3.63) is 76.4 Å². The second-order valence-electron chi connectivity index (χ2n) is 7.32. The van der Waals surface area contributed by atoms with Crippen molar-refractivity contribution in [2.45, 2.75) is 38.4 Å². The standard InChI is InChI=1S/C22H18F3N5O/c1-2-13-7-14(11-26)9-15(8-13)21(31)28-18-3-4-19-17(18)12-30(29-19)16-5-6-27-20(10-16)22(23,24)25/h5-10,12,18H,2-4H2,1H3,(H,28,31)/t18-/m0/s1. The molecule has 158 valence electrons. The zero-order valence-electron chi connectivity index (χ0n) is 16.6. The van der Waals surface area contributed by atoms with Crippen molar-refractivity contribution in [2.24, 2.45) is 0 Å². The van der Waals surface area contributed by atoms with Gasteiger partial charge in [0.2, 0.25) is 0 Å². The van der Waals surface area contributed by atoms with Gasteiger partial charge in [-0.15, -0.1) is 0 Å². The molecule has 0 radical (unpaired) electrons. The highest BCUT2D eigenvalue weighted by atomic mass is 19.4. The number of rotatable bonds is 4. The van der Waals surface area contributed by atoms with Crippen LogP contribution in [0.2, 0.25) is 0 Å². The summed E-state index contributed by atoms with van der Waals surface area (Å²) < 4.78 is 40.3. The maximum absolute atomic E-state index is 13.0. The topological polar surface area (TPSA) is 83.6 Å². The van der Waals surface area contributed by atoms with Gasteiger partial charge in [0, 0.05) is 23.5 Å². The van der Waals surface area contributed by atoms with Gasteiger partial charge in [0.25, 0.3) is 5.91 Å². The lowest BCUT2D eigenvalue weighted by molar-refractivity contribution is -0.141. The molecule has 0 aliphatic heterocycles. The van der Waals surface area contributed by atoms with E-state index in [1.807, 2.05) is 6.92 Å². The molecule has 2 aromatic heterocycles. The second-order valence-corrected chi connectivity index (χ2v) is 7.32. The molecule has 0 spiro atoms. The summed E-state index contributed by atoms with van der Waals surface area (Å²) in [7, 11) is 0. The average molecular weight is 425 g/mol. The van der Waals surface area contributed by atoms with Crippen molar-refractivity contribution in [1.29, 1.82) is 5.26 Å². The van der Waals surface area contributed by atoms with E-state index in [0.717, 1.165) is 29.1 Å². The molecule has 31 heavy (non-hydrogen) atoms. The monoisotopic (exact) mass is 425 g/mol. The van der Waals surface area contributed by atoms with Crippen molar-refractivity contribution in [3.8, 4) is 11.8 Å². The van der Waals surface area contributed by atoms with Gasteiger partial charge in [-0.3, -0.25) is 9.78 Å². The van der Waals surface area contributed by atoms with Crippen LogP contribution in [-0.4, -0.2) is 20.7 Å². The number of benzene rings is 1. The fraction of sp³-hybridized carbons (Fsp3) is 0.273. The highest BCUT2D eigenvalue weighted by Gasteiger charge is 2.33. The first kappa shape index (κ1) is 20.6. The van der Waals surface area contributed by atoms with Crippen LogP contribution in [-0.2, 0) is 19.0 Å². The molecule has 1 amide bonds. The molecular weight excluding hydrogens is 407 g/mol. The highest BCUT2D eigenvalue weighted by Crippen LogP contribution is 2.32. The van der Waals surface area contributed by atoms with E-state index < -0.39 is 11.9 Å². The average Bonchev–Trinajstić information content (AvgIpc) is 3.34. The normalized spacial score (nSPS) is 15.4. The van der Waals surface area contributed by atoms with E-state index in [1.54, 1.807) is 24.4 Å². The maximum atomic E-state index is 13.0. The lowest BCUT2D eigenvalue weighted by Gasteiger charge is -2.14. The van der Waals surface area contributed by atoms with E-state index in [2.05, 4.69) is 21.5 Å². The Labute approximate surface area is 176 Å². The Kier molecular flexibility index (Phi) is 5.23. The predicted octanol–water partition coefficient (Wildman–Crippen LogP) is 4.14. The molecule has 0 saturated heterocycles. The Bertz CT molecular complexity index is 1190. The first-order valence-electron chi connectivity index (χ1n) is 9.75. The molecule has 1 aliphatic rings. The van der Waals surface area contributed by atoms with E-state index >= 15 is 0 Å². The Hall–Kier alpha value is -3.67. The van der Waals surface area contributed by atoms with Gasteiger partial charge in [-0.05, 0) is 55.2 Å². The number of carbonyl (C=O) groups excluding carboxylic acids is 1. The molecule has 0 saturated carbocycles. The molecule has 0 bridgehead atoms. The van der Waals surface area contributed by atoms with Gasteiger partial charge in [0.05, 0.1) is 29.1 Å². The Morgan fingerprint density at radius 3 is 2.84 bits per heavy atom.